The zero-order valence-electron chi connectivity index (χ0n) is 9.25. The van der Waals surface area contributed by atoms with Gasteiger partial charge in [0, 0.05) is 0 Å². The maximum atomic E-state index is 11.1. The molecule has 0 heterocycles. The first kappa shape index (κ1) is 15.1. The van der Waals surface area contributed by atoms with Crippen LogP contribution in [0.15, 0.2) is 22.8 Å². The predicted molar refractivity (Wildman–Crippen MR) is 55.5 cm³/mol. The number of hydrogen-bond acceptors (Lipinski definition) is 1. The summed E-state index contributed by atoms with van der Waals surface area (Å²) in [5.74, 6) is -0.844. The molecule has 0 aliphatic rings. The molecule has 0 bridgehead atoms. The zero-order valence-corrected chi connectivity index (χ0v) is 15.1. The van der Waals surface area contributed by atoms with Gasteiger partial charge in [0.1, 0.15) is 0 Å². The van der Waals surface area contributed by atoms with Crippen molar-refractivity contribution in [2.45, 2.75) is 27.7 Å². The Morgan fingerprint density at radius 2 is 1.60 bits per heavy atom. The Morgan fingerprint density at radius 3 is 1.80 bits per heavy atom. The fraction of sp³-hybridized carbons (Fsp3) is 0.364. The zero-order chi connectivity index (χ0) is 12.2. The van der Waals surface area contributed by atoms with Gasteiger partial charge in [-0.1, -0.05) is 0 Å². The van der Waals surface area contributed by atoms with Crippen LogP contribution in [0.3, 0.4) is 0 Å². The Labute approximate surface area is 112 Å². The number of carboxylic acids is 1. The summed E-state index contributed by atoms with van der Waals surface area (Å²) >= 11 is 2.70. The van der Waals surface area contributed by atoms with Crippen LogP contribution in [0.5, 0.6) is 0 Å². The van der Waals surface area contributed by atoms with Crippen molar-refractivity contribution >= 4 is 13.8 Å². The first-order chi connectivity index (χ1) is 6.82. The normalized spacial score (nSPS) is 13.2. The predicted octanol–water partition coefficient (Wildman–Crippen LogP) is 1.81. The monoisotopic (exact) mass is 546 g/mol. The molecule has 0 aromatic heterocycles. The summed E-state index contributed by atoms with van der Waals surface area (Å²) in [4.78, 5) is 11.1. The molecular weight excluding hydrogens is 532 g/mol. The number of aliphatic carboxylic acids is 1. The second-order valence-corrected chi connectivity index (χ2v) is 7.52. The maximum absolute atomic E-state index is 11.1. The van der Waals surface area contributed by atoms with Crippen molar-refractivity contribution in [2.75, 3.05) is 0 Å². The Kier molecular flexibility index (Phi) is 6.64. The number of carbonyl (C=O) groups is 1. The average molecular weight is 546 g/mol. The molecule has 0 aromatic carbocycles. The fourth-order valence-electron chi connectivity index (χ4n) is 1.21. The SMILES string of the molecule is CC=C(C(=O)O)C([C](C)=[W])=C(C)[C](C)=[W]. The summed E-state index contributed by atoms with van der Waals surface area (Å²) in [5.41, 5.74) is 2.43. The van der Waals surface area contributed by atoms with Crippen LogP contribution in [0.4, 0.5) is 0 Å². The number of carboxylic acid groups (broad SMARTS) is 1. The molecule has 0 radical (unpaired) electrons. The van der Waals surface area contributed by atoms with Crippen LogP contribution in [-0.4, -0.2) is 18.9 Å². The molecule has 0 aromatic rings. The molecule has 0 rings (SSSR count). The van der Waals surface area contributed by atoms with Crippen molar-refractivity contribution in [2.24, 2.45) is 0 Å². The Balaban J connectivity index is 5.74. The first-order valence-electron chi connectivity index (χ1n) is 4.45. The third kappa shape index (κ3) is 4.21. The van der Waals surface area contributed by atoms with E-state index in [1.54, 1.807) is 13.0 Å². The van der Waals surface area contributed by atoms with Crippen LogP contribution in [0, 0.1) is 0 Å². The fourth-order valence-corrected chi connectivity index (χ4v) is 2.52. The van der Waals surface area contributed by atoms with Gasteiger partial charge in [-0.05, 0) is 0 Å². The van der Waals surface area contributed by atoms with Gasteiger partial charge < -0.3 is 0 Å². The van der Waals surface area contributed by atoms with E-state index in [1.165, 1.54) is 42.6 Å². The van der Waals surface area contributed by atoms with Gasteiger partial charge >= 0.3 is 113 Å². The molecule has 0 saturated carbocycles. The van der Waals surface area contributed by atoms with E-state index in [1.807, 2.05) is 20.8 Å². The Hall–Kier alpha value is 0.0666. The van der Waals surface area contributed by atoms with E-state index in [9.17, 15) is 4.79 Å². The minimum absolute atomic E-state index is 0.417. The van der Waals surface area contributed by atoms with Crippen molar-refractivity contribution < 1.29 is 48.6 Å². The summed E-state index contributed by atoms with van der Waals surface area (Å²) < 4.78 is 2.37. The molecule has 1 N–H and O–H groups in total. The molecule has 0 spiro atoms. The van der Waals surface area contributed by atoms with Crippen LogP contribution in [0.25, 0.3) is 0 Å². The van der Waals surface area contributed by atoms with Crippen molar-refractivity contribution in [3.05, 3.63) is 22.8 Å². The van der Waals surface area contributed by atoms with Gasteiger partial charge in [0.25, 0.3) is 0 Å². The van der Waals surface area contributed by atoms with Gasteiger partial charge in [-0.3, -0.25) is 0 Å². The molecule has 0 atom stereocenters. The third-order valence-corrected chi connectivity index (χ3v) is 3.88. The quantitative estimate of drug-likeness (QED) is 0.432. The Morgan fingerprint density at radius 1 is 1.13 bits per heavy atom. The van der Waals surface area contributed by atoms with E-state index in [-0.39, 0.29) is 0 Å². The van der Waals surface area contributed by atoms with E-state index >= 15 is 0 Å². The van der Waals surface area contributed by atoms with Crippen LogP contribution >= 0.6 is 0 Å². The van der Waals surface area contributed by atoms with Crippen LogP contribution in [0.2, 0.25) is 0 Å². The van der Waals surface area contributed by atoms with Gasteiger partial charge in [-0.15, -0.1) is 0 Å². The van der Waals surface area contributed by atoms with Crippen molar-refractivity contribution in [3.8, 4) is 0 Å². The summed E-state index contributed by atoms with van der Waals surface area (Å²) in [6.07, 6.45) is 1.67. The van der Waals surface area contributed by atoms with Crippen molar-refractivity contribution in [3.63, 3.8) is 0 Å². The van der Waals surface area contributed by atoms with E-state index in [4.69, 9.17) is 5.11 Å². The Bertz CT molecular complexity index is 376. The van der Waals surface area contributed by atoms with Gasteiger partial charge in [0.15, 0.2) is 0 Å². The van der Waals surface area contributed by atoms with Gasteiger partial charge in [-0.25, -0.2) is 0 Å². The number of rotatable bonds is 4. The molecule has 0 saturated heterocycles. The topological polar surface area (TPSA) is 37.3 Å². The molecule has 2 nitrogen and oxygen atoms in total. The van der Waals surface area contributed by atoms with Gasteiger partial charge in [0.2, 0.25) is 0 Å². The molecule has 0 aliphatic heterocycles. The van der Waals surface area contributed by atoms with Gasteiger partial charge in [-0.2, -0.15) is 0 Å². The third-order valence-electron chi connectivity index (χ3n) is 2.04. The van der Waals surface area contributed by atoms with Gasteiger partial charge in [0.05, 0.1) is 0 Å². The molecule has 4 heteroatoms. The minimum atomic E-state index is -0.844. The molecule has 0 amide bonds. The molecule has 0 aliphatic carbocycles. The molecule has 0 fully saturated rings. The van der Waals surface area contributed by atoms with Crippen LogP contribution in [0.1, 0.15) is 27.7 Å². The van der Waals surface area contributed by atoms with Crippen LogP contribution < -0.4 is 0 Å². The molecule has 82 valence electrons. The van der Waals surface area contributed by atoms with Crippen molar-refractivity contribution in [1.29, 1.82) is 0 Å². The van der Waals surface area contributed by atoms with Crippen LogP contribution in [-0.2, 0) is 43.5 Å². The second-order valence-electron chi connectivity index (χ2n) is 3.12. The molecular formula is C11H14O2W2. The van der Waals surface area contributed by atoms with E-state index in [0.717, 1.165) is 15.0 Å². The molecule has 15 heavy (non-hydrogen) atoms. The summed E-state index contributed by atoms with van der Waals surface area (Å²) in [5, 5.41) is 9.11. The second kappa shape index (κ2) is 6.61. The van der Waals surface area contributed by atoms with E-state index in [2.05, 4.69) is 0 Å². The number of hydrogen-bond donors (Lipinski definition) is 1. The van der Waals surface area contributed by atoms with E-state index in [0.29, 0.717) is 5.57 Å². The van der Waals surface area contributed by atoms with Crippen molar-refractivity contribution in [1.82, 2.24) is 0 Å². The average Bonchev–Trinajstić information content (AvgIpc) is 2.11. The summed E-state index contributed by atoms with van der Waals surface area (Å²) in [7, 11) is 0. The molecule has 0 unspecified atom stereocenters. The summed E-state index contributed by atoms with van der Waals surface area (Å²) in [6.45, 7) is 7.79. The van der Waals surface area contributed by atoms with E-state index < -0.39 is 5.97 Å². The first-order valence-corrected chi connectivity index (χ1v) is 7.39. The standard InChI is InChI=1S/C11H14O2.2W/c1-5-8(4)9(6-2)10(7-3)11(12)13;;/h7H,1-4H3,(H,12,13);;. The number of allylic oxidation sites excluding steroid dienone is 2. The summed E-state index contributed by atoms with van der Waals surface area (Å²) in [6, 6.07) is 0.